The molecule has 1 heterocycles. The molecule has 1 fully saturated rings. The van der Waals surface area contributed by atoms with Gasteiger partial charge in [0.2, 0.25) is 5.91 Å². The molecule has 0 bridgehead atoms. The summed E-state index contributed by atoms with van der Waals surface area (Å²) in [6.45, 7) is 16.2. The highest BCUT2D eigenvalue weighted by Crippen LogP contribution is 2.27. The molecule has 5 N–H and O–H groups in total. The maximum absolute atomic E-state index is 13.5. The minimum Gasteiger partial charge on any atom is -0.493 e. The molecule has 0 spiro atoms. The fourth-order valence-corrected chi connectivity index (χ4v) is 5.96. The van der Waals surface area contributed by atoms with Crippen LogP contribution in [0.5, 0.6) is 11.5 Å². The molecule has 1 aromatic rings. The number of nitrogens with one attached hydrogen (secondary N) is 2. The van der Waals surface area contributed by atoms with Crippen LogP contribution in [0.1, 0.15) is 103 Å². The molecule has 0 radical (unpaired) electrons. The fourth-order valence-electron chi connectivity index (χ4n) is 5.96. The molecule has 1 saturated heterocycles. The molecule has 0 saturated carbocycles. The average molecular weight is 663 g/mol. The van der Waals surface area contributed by atoms with E-state index in [4.69, 9.17) is 19.9 Å². The first-order valence-electron chi connectivity index (χ1n) is 18.2. The standard InChI is InChI=1S/C37H66N4O6/c1-7-8-16-39-37(44)32(28(4)5)25-34(42)33(38)23-29(27(2)3)26-40-36(43)31-15-14-30(24-35(31)47-21-13-12-20-45-6)46-22-19-41-17-10-9-11-18-41/h14-15,24,27-29,32-34,42H,7-13,16-23,25-26,38H2,1-6H3,(H,39,44)(H,40,43). The molecule has 1 aliphatic heterocycles. The zero-order chi connectivity index (χ0) is 34.6. The van der Waals surface area contributed by atoms with Gasteiger partial charge in [-0.25, -0.2) is 0 Å². The molecular formula is C37H66N4O6. The van der Waals surface area contributed by atoms with E-state index in [2.05, 4.69) is 36.3 Å². The van der Waals surface area contributed by atoms with Gasteiger partial charge in [-0.1, -0.05) is 47.5 Å². The van der Waals surface area contributed by atoms with Gasteiger partial charge in [-0.05, 0) is 87.9 Å². The van der Waals surface area contributed by atoms with Crippen molar-refractivity contribution in [2.24, 2.45) is 29.4 Å². The van der Waals surface area contributed by atoms with Crippen LogP contribution in [0.25, 0.3) is 0 Å². The summed E-state index contributed by atoms with van der Waals surface area (Å²) in [4.78, 5) is 28.7. The monoisotopic (exact) mass is 662 g/mol. The molecule has 0 aromatic heterocycles. The highest BCUT2D eigenvalue weighted by Gasteiger charge is 2.30. The topological polar surface area (TPSA) is 135 Å². The Balaban J connectivity index is 2.01. The number of rotatable bonds is 24. The van der Waals surface area contributed by atoms with Crippen molar-refractivity contribution in [3.05, 3.63) is 23.8 Å². The number of nitrogens with two attached hydrogens (primary N) is 1. The van der Waals surface area contributed by atoms with E-state index >= 15 is 0 Å². The molecular weight excluding hydrogens is 596 g/mol. The number of amides is 2. The molecule has 10 heteroatoms. The van der Waals surface area contributed by atoms with Crippen LogP contribution in [0.15, 0.2) is 18.2 Å². The van der Waals surface area contributed by atoms with Gasteiger partial charge in [0.05, 0.1) is 18.3 Å². The summed E-state index contributed by atoms with van der Waals surface area (Å²) in [5, 5.41) is 17.2. The highest BCUT2D eigenvalue weighted by atomic mass is 16.5. The molecule has 0 aliphatic carbocycles. The number of benzene rings is 1. The Bertz CT molecular complexity index is 1020. The fraction of sp³-hybridized carbons (Fsp3) is 0.784. The summed E-state index contributed by atoms with van der Waals surface area (Å²) in [5.74, 6) is 0.970. The van der Waals surface area contributed by atoms with Crippen molar-refractivity contribution < 1.29 is 28.9 Å². The molecule has 270 valence electrons. The normalized spacial score (nSPS) is 16.5. The quantitative estimate of drug-likeness (QED) is 0.114. The lowest BCUT2D eigenvalue weighted by molar-refractivity contribution is -0.127. The Morgan fingerprint density at radius 2 is 1.66 bits per heavy atom. The number of hydrogen-bond donors (Lipinski definition) is 4. The molecule has 2 rings (SSSR count). The molecule has 1 aliphatic rings. The number of unbranched alkanes of at least 4 members (excludes halogenated alkanes) is 2. The van der Waals surface area contributed by atoms with E-state index in [-0.39, 0.29) is 35.5 Å². The molecule has 4 atom stereocenters. The first kappa shape index (κ1) is 40.8. The van der Waals surface area contributed by atoms with Gasteiger partial charge >= 0.3 is 0 Å². The van der Waals surface area contributed by atoms with Gasteiger partial charge in [-0.3, -0.25) is 14.5 Å². The van der Waals surface area contributed by atoms with Crippen LogP contribution in [0.4, 0.5) is 0 Å². The minimum atomic E-state index is -0.822. The third kappa shape index (κ3) is 15.6. The number of ether oxygens (including phenoxy) is 3. The van der Waals surface area contributed by atoms with E-state index in [1.807, 2.05) is 26.0 Å². The second-order valence-corrected chi connectivity index (χ2v) is 13.9. The van der Waals surface area contributed by atoms with Crippen LogP contribution >= 0.6 is 0 Å². The predicted octanol–water partition coefficient (Wildman–Crippen LogP) is 5.02. The Morgan fingerprint density at radius 3 is 2.32 bits per heavy atom. The first-order valence-corrected chi connectivity index (χ1v) is 18.2. The van der Waals surface area contributed by atoms with Crippen molar-refractivity contribution in [2.45, 2.75) is 105 Å². The summed E-state index contributed by atoms with van der Waals surface area (Å²) in [6.07, 6.45) is 7.41. The Kier molecular flexibility index (Phi) is 20.0. The summed E-state index contributed by atoms with van der Waals surface area (Å²) in [7, 11) is 1.68. The van der Waals surface area contributed by atoms with Crippen molar-refractivity contribution in [1.29, 1.82) is 0 Å². The Hall–Kier alpha value is -2.40. The lowest BCUT2D eigenvalue weighted by Gasteiger charge is -2.30. The highest BCUT2D eigenvalue weighted by molar-refractivity contribution is 5.97. The van der Waals surface area contributed by atoms with Crippen LogP contribution in [0.2, 0.25) is 0 Å². The second kappa shape index (κ2) is 23.0. The van der Waals surface area contributed by atoms with Crippen molar-refractivity contribution in [3.63, 3.8) is 0 Å². The van der Waals surface area contributed by atoms with Gasteiger partial charge in [0.1, 0.15) is 18.1 Å². The van der Waals surface area contributed by atoms with Crippen LogP contribution in [-0.4, -0.2) is 93.6 Å². The van der Waals surface area contributed by atoms with Gasteiger partial charge in [0.25, 0.3) is 5.91 Å². The van der Waals surface area contributed by atoms with Crippen molar-refractivity contribution in [2.75, 3.05) is 59.7 Å². The number of likely N-dealkylation sites (tertiary alicyclic amines) is 1. The molecule has 47 heavy (non-hydrogen) atoms. The van der Waals surface area contributed by atoms with Gasteiger partial charge in [0.15, 0.2) is 0 Å². The lowest BCUT2D eigenvalue weighted by atomic mass is 9.83. The van der Waals surface area contributed by atoms with Crippen molar-refractivity contribution in [1.82, 2.24) is 15.5 Å². The number of aliphatic hydroxyl groups excluding tert-OH is 1. The lowest BCUT2D eigenvalue weighted by Crippen LogP contribution is -2.44. The van der Waals surface area contributed by atoms with Gasteiger partial charge < -0.3 is 35.7 Å². The zero-order valence-corrected chi connectivity index (χ0v) is 30.2. The number of carbonyl (C=O) groups is 2. The molecule has 2 amide bonds. The summed E-state index contributed by atoms with van der Waals surface area (Å²) >= 11 is 0. The number of carbonyl (C=O) groups excluding carboxylic acids is 2. The number of aliphatic hydroxyl groups is 1. The van der Waals surface area contributed by atoms with Crippen molar-refractivity contribution >= 4 is 11.8 Å². The predicted molar refractivity (Wildman–Crippen MR) is 189 cm³/mol. The van der Waals surface area contributed by atoms with E-state index in [9.17, 15) is 14.7 Å². The van der Waals surface area contributed by atoms with Crippen LogP contribution in [0.3, 0.4) is 0 Å². The third-order valence-corrected chi connectivity index (χ3v) is 9.33. The Labute approximate surface area is 284 Å². The van der Waals surface area contributed by atoms with Crippen LogP contribution < -0.4 is 25.8 Å². The maximum Gasteiger partial charge on any atom is 0.255 e. The van der Waals surface area contributed by atoms with Gasteiger partial charge in [-0.15, -0.1) is 0 Å². The summed E-state index contributed by atoms with van der Waals surface area (Å²) < 4.78 is 17.3. The second-order valence-electron chi connectivity index (χ2n) is 13.9. The van der Waals surface area contributed by atoms with E-state index < -0.39 is 12.1 Å². The number of piperidine rings is 1. The summed E-state index contributed by atoms with van der Waals surface area (Å²) in [5.41, 5.74) is 6.98. The average Bonchev–Trinajstić information content (AvgIpc) is 3.05. The molecule has 10 nitrogen and oxygen atoms in total. The number of nitrogens with zero attached hydrogens (tertiary/aromatic N) is 1. The number of hydrogen-bond acceptors (Lipinski definition) is 8. The number of methoxy groups -OCH3 is 1. The van der Waals surface area contributed by atoms with E-state index in [0.29, 0.717) is 62.8 Å². The van der Waals surface area contributed by atoms with Crippen LogP contribution in [0, 0.1) is 23.7 Å². The summed E-state index contributed by atoms with van der Waals surface area (Å²) in [6, 6.07) is 4.90. The molecule has 1 aromatic carbocycles. The first-order chi connectivity index (χ1) is 22.6. The SMILES string of the molecule is CCCCNC(=O)C(CC(O)C(N)CC(CNC(=O)c1ccc(OCCN2CCCCC2)cc1OCCCCOC)C(C)C)C(C)C. The minimum absolute atomic E-state index is 0.0255. The van der Waals surface area contributed by atoms with Crippen molar-refractivity contribution in [3.8, 4) is 11.5 Å². The van der Waals surface area contributed by atoms with Gasteiger partial charge in [-0.2, -0.15) is 0 Å². The van der Waals surface area contributed by atoms with Crippen LogP contribution in [-0.2, 0) is 9.53 Å². The van der Waals surface area contributed by atoms with Gasteiger partial charge in [0, 0.05) is 51.4 Å². The van der Waals surface area contributed by atoms with E-state index in [0.717, 1.165) is 45.3 Å². The zero-order valence-electron chi connectivity index (χ0n) is 30.2. The van der Waals surface area contributed by atoms with E-state index in [1.165, 1.54) is 19.3 Å². The molecule has 4 unspecified atom stereocenters. The Morgan fingerprint density at radius 1 is 0.936 bits per heavy atom. The third-order valence-electron chi connectivity index (χ3n) is 9.33. The van der Waals surface area contributed by atoms with E-state index in [1.54, 1.807) is 13.2 Å². The smallest absolute Gasteiger partial charge is 0.255 e. The largest absolute Gasteiger partial charge is 0.493 e. The maximum atomic E-state index is 13.5.